The zero-order valence-corrected chi connectivity index (χ0v) is 17.7. The number of aromatic carboxylic acids is 1. The van der Waals surface area contributed by atoms with E-state index in [1.807, 2.05) is 54.6 Å². The van der Waals surface area contributed by atoms with Crippen LogP contribution in [0.4, 0.5) is 0 Å². The molecular formula is C25H25NO6. The number of hydrogen-bond acceptors (Lipinski definition) is 5. The number of rotatable bonds is 8. The molecule has 1 aromatic heterocycles. The van der Waals surface area contributed by atoms with Crippen LogP contribution in [-0.4, -0.2) is 35.2 Å². The average Bonchev–Trinajstić information content (AvgIpc) is 3.46. The lowest BCUT2D eigenvalue weighted by atomic mass is 9.82. The third-order valence-electron chi connectivity index (χ3n) is 5.99. The normalized spacial score (nSPS) is 18.7. The van der Waals surface area contributed by atoms with Gasteiger partial charge in [0.25, 0.3) is 0 Å². The summed E-state index contributed by atoms with van der Waals surface area (Å²) in [7, 11) is 1.51. The van der Waals surface area contributed by atoms with Crippen LogP contribution in [0.2, 0.25) is 0 Å². The predicted octanol–water partition coefficient (Wildman–Crippen LogP) is 3.42. The zero-order valence-electron chi connectivity index (χ0n) is 17.7. The molecule has 2 aromatic carbocycles. The van der Waals surface area contributed by atoms with Crippen molar-refractivity contribution in [2.45, 2.75) is 37.0 Å². The molecule has 166 valence electrons. The smallest absolute Gasteiger partial charge is 0.371 e. The van der Waals surface area contributed by atoms with E-state index < -0.39 is 23.7 Å². The molecule has 2 heterocycles. The first-order chi connectivity index (χ1) is 15.4. The summed E-state index contributed by atoms with van der Waals surface area (Å²) in [6.07, 6.45) is 0.649. The Balaban J connectivity index is 1.69. The number of amides is 1. The lowest BCUT2D eigenvalue weighted by molar-refractivity contribution is -0.120. The second-order valence-corrected chi connectivity index (χ2v) is 7.90. The molecule has 0 spiro atoms. The quantitative estimate of drug-likeness (QED) is 0.500. The van der Waals surface area contributed by atoms with Crippen LogP contribution in [0.1, 0.15) is 52.0 Å². The number of furan rings is 1. The van der Waals surface area contributed by atoms with Crippen molar-refractivity contribution in [3.63, 3.8) is 0 Å². The van der Waals surface area contributed by atoms with Crippen molar-refractivity contribution in [3.05, 3.63) is 94.9 Å². The minimum Gasteiger partial charge on any atom is -0.475 e. The summed E-state index contributed by atoms with van der Waals surface area (Å²) < 4.78 is 11.6. The molecule has 1 aliphatic heterocycles. The molecule has 1 aliphatic rings. The van der Waals surface area contributed by atoms with Crippen molar-refractivity contribution in [2.24, 2.45) is 0 Å². The van der Waals surface area contributed by atoms with Gasteiger partial charge in [0.15, 0.2) is 5.60 Å². The number of carbonyl (C=O) groups excluding carboxylic acids is 1. The molecule has 0 radical (unpaired) electrons. The summed E-state index contributed by atoms with van der Waals surface area (Å²) in [5.41, 5.74) is 1.25. The van der Waals surface area contributed by atoms with E-state index in [0.29, 0.717) is 30.6 Å². The largest absolute Gasteiger partial charge is 0.475 e. The number of benzene rings is 2. The van der Waals surface area contributed by atoms with Crippen LogP contribution < -0.4 is 5.32 Å². The second-order valence-electron chi connectivity index (χ2n) is 7.90. The molecule has 0 bridgehead atoms. The van der Waals surface area contributed by atoms with Crippen LogP contribution in [0.25, 0.3) is 0 Å². The van der Waals surface area contributed by atoms with Gasteiger partial charge < -0.3 is 24.7 Å². The number of carboxylic acids is 1. The summed E-state index contributed by atoms with van der Waals surface area (Å²) in [5.74, 6) is -1.20. The summed E-state index contributed by atoms with van der Waals surface area (Å²) in [4.78, 5) is 23.4. The summed E-state index contributed by atoms with van der Waals surface area (Å²) in [6.45, 7) is 0. The van der Waals surface area contributed by atoms with E-state index in [-0.39, 0.29) is 11.7 Å². The Labute approximate surface area is 185 Å². The first kappa shape index (κ1) is 21.8. The van der Waals surface area contributed by atoms with Crippen LogP contribution in [0.15, 0.2) is 71.1 Å². The number of methoxy groups -OCH3 is 1. The van der Waals surface area contributed by atoms with E-state index in [1.165, 1.54) is 13.2 Å². The summed E-state index contributed by atoms with van der Waals surface area (Å²) in [5, 5.41) is 22.9. The number of ether oxygens (including phenoxy) is 1. The SMILES string of the molecule is CO[C@](c1ccc(C(O)Cc2ccccc2)cc1)(c1ccc(C(=O)O)o1)C1CCC(=O)N1. The lowest BCUT2D eigenvalue weighted by Gasteiger charge is -2.36. The van der Waals surface area contributed by atoms with Gasteiger partial charge in [0, 0.05) is 20.0 Å². The van der Waals surface area contributed by atoms with E-state index in [9.17, 15) is 19.8 Å². The molecule has 3 atom stereocenters. The van der Waals surface area contributed by atoms with Crippen LogP contribution in [0.3, 0.4) is 0 Å². The molecule has 1 saturated heterocycles. The fraction of sp³-hybridized carbons (Fsp3) is 0.280. The van der Waals surface area contributed by atoms with Gasteiger partial charge in [-0.3, -0.25) is 4.79 Å². The molecular weight excluding hydrogens is 410 g/mol. The topological polar surface area (TPSA) is 109 Å². The van der Waals surface area contributed by atoms with Crippen LogP contribution >= 0.6 is 0 Å². The van der Waals surface area contributed by atoms with Crippen LogP contribution in [0, 0.1) is 0 Å². The standard InChI is InChI=1S/C25H25NO6/c1-31-25(21-12-14-23(28)26-21,22-13-11-20(32-22)24(29)30)18-9-7-17(8-10-18)19(27)15-16-5-3-2-4-6-16/h2-11,13,19,21,27H,12,14-15H2,1H3,(H,26,28)(H,29,30)/t19?,21?,25-/m0/s1. The number of carboxylic acid groups (broad SMARTS) is 1. The zero-order chi connectivity index (χ0) is 22.7. The highest BCUT2D eigenvalue weighted by Crippen LogP contribution is 2.41. The Kier molecular flexibility index (Phi) is 6.12. The Hall–Kier alpha value is -3.42. The molecule has 7 nitrogen and oxygen atoms in total. The van der Waals surface area contributed by atoms with Crippen molar-refractivity contribution in [3.8, 4) is 0 Å². The van der Waals surface area contributed by atoms with Crippen molar-refractivity contribution in [1.82, 2.24) is 5.32 Å². The highest BCUT2D eigenvalue weighted by Gasteiger charge is 2.48. The van der Waals surface area contributed by atoms with E-state index >= 15 is 0 Å². The van der Waals surface area contributed by atoms with Gasteiger partial charge >= 0.3 is 5.97 Å². The Bertz CT molecular complexity index is 1090. The van der Waals surface area contributed by atoms with Gasteiger partial charge in [-0.15, -0.1) is 0 Å². The van der Waals surface area contributed by atoms with Gasteiger partial charge in [-0.2, -0.15) is 0 Å². The highest BCUT2D eigenvalue weighted by molar-refractivity contribution is 5.84. The Morgan fingerprint density at radius 1 is 1.16 bits per heavy atom. The van der Waals surface area contributed by atoms with E-state index in [0.717, 1.165) is 11.1 Å². The van der Waals surface area contributed by atoms with Gasteiger partial charge in [0.05, 0.1) is 12.1 Å². The van der Waals surface area contributed by atoms with Gasteiger partial charge in [-0.05, 0) is 35.2 Å². The molecule has 1 fully saturated rings. The lowest BCUT2D eigenvalue weighted by Crippen LogP contribution is -2.48. The van der Waals surface area contributed by atoms with Crippen LogP contribution in [0.5, 0.6) is 0 Å². The first-order valence-electron chi connectivity index (χ1n) is 10.4. The maximum Gasteiger partial charge on any atom is 0.371 e. The molecule has 1 amide bonds. The minimum absolute atomic E-state index is 0.101. The monoisotopic (exact) mass is 435 g/mol. The van der Waals surface area contributed by atoms with Crippen molar-refractivity contribution < 1.29 is 29.0 Å². The fourth-order valence-corrected chi connectivity index (χ4v) is 4.36. The number of aliphatic hydroxyl groups excluding tert-OH is 1. The van der Waals surface area contributed by atoms with Crippen LogP contribution in [-0.2, 0) is 21.6 Å². The average molecular weight is 435 g/mol. The molecule has 3 aromatic rings. The van der Waals surface area contributed by atoms with Crippen molar-refractivity contribution in [1.29, 1.82) is 0 Å². The first-order valence-corrected chi connectivity index (χ1v) is 10.4. The minimum atomic E-state index is -1.21. The van der Waals surface area contributed by atoms with Crippen molar-refractivity contribution in [2.75, 3.05) is 7.11 Å². The van der Waals surface area contributed by atoms with Gasteiger partial charge in [-0.1, -0.05) is 54.6 Å². The predicted molar refractivity (Wildman–Crippen MR) is 116 cm³/mol. The number of hydrogen-bond donors (Lipinski definition) is 3. The highest BCUT2D eigenvalue weighted by atomic mass is 16.5. The van der Waals surface area contributed by atoms with E-state index in [2.05, 4.69) is 5.32 Å². The van der Waals surface area contributed by atoms with Crippen molar-refractivity contribution >= 4 is 11.9 Å². The van der Waals surface area contributed by atoms with E-state index in [4.69, 9.17) is 9.15 Å². The molecule has 4 rings (SSSR count). The van der Waals surface area contributed by atoms with Gasteiger partial charge in [-0.25, -0.2) is 4.79 Å². The third-order valence-corrected chi connectivity index (χ3v) is 5.99. The second kappa shape index (κ2) is 8.98. The third kappa shape index (κ3) is 4.04. The summed E-state index contributed by atoms with van der Waals surface area (Å²) >= 11 is 0. The van der Waals surface area contributed by atoms with Gasteiger partial charge in [0.1, 0.15) is 5.76 Å². The number of aliphatic hydroxyl groups is 1. The number of carbonyl (C=O) groups is 2. The molecule has 0 aliphatic carbocycles. The maximum absolute atomic E-state index is 12.0. The molecule has 7 heteroatoms. The fourth-order valence-electron chi connectivity index (χ4n) is 4.36. The Morgan fingerprint density at radius 3 is 2.44 bits per heavy atom. The van der Waals surface area contributed by atoms with E-state index in [1.54, 1.807) is 6.07 Å². The Morgan fingerprint density at radius 2 is 1.88 bits per heavy atom. The summed E-state index contributed by atoms with van der Waals surface area (Å²) in [6, 6.07) is 19.5. The van der Waals surface area contributed by atoms with Gasteiger partial charge in [0.2, 0.25) is 11.7 Å². The maximum atomic E-state index is 12.0. The molecule has 2 unspecified atom stereocenters. The molecule has 0 saturated carbocycles. The number of nitrogens with one attached hydrogen (secondary N) is 1. The molecule has 3 N–H and O–H groups in total. The molecule has 32 heavy (non-hydrogen) atoms.